The van der Waals surface area contributed by atoms with Gasteiger partial charge in [0.05, 0.1) is 5.69 Å². The normalized spacial score (nSPS) is 10.2. The Kier molecular flexibility index (Phi) is 2.25. The fourth-order valence-corrected chi connectivity index (χ4v) is 1.34. The van der Waals surface area contributed by atoms with Gasteiger partial charge in [-0.1, -0.05) is 18.2 Å². The molecule has 1 aromatic carbocycles. The monoisotopic (exact) mass is 201 g/mol. The quantitative estimate of drug-likeness (QED) is 0.751. The van der Waals surface area contributed by atoms with Crippen molar-refractivity contribution >= 4 is 11.6 Å². The number of rotatable bonds is 2. The van der Waals surface area contributed by atoms with Gasteiger partial charge in [0, 0.05) is 13.0 Å². The Labute approximate surface area is 87.3 Å². The van der Waals surface area contributed by atoms with E-state index in [1.54, 1.807) is 10.7 Å². The molecule has 0 saturated carbocycles. The minimum absolute atomic E-state index is 0.0867. The Hall–Kier alpha value is -2.10. The van der Waals surface area contributed by atoms with Crippen LogP contribution in [0.3, 0.4) is 0 Å². The molecule has 0 unspecified atom stereocenters. The summed E-state index contributed by atoms with van der Waals surface area (Å²) in [7, 11) is 0. The maximum Gasteiger partial charge on any atom is 0.180 e. The summed E-state index contributed by atoms with van der Waals surface area (Å²) in [6.07, 6.45) is 0. The fourth-order valence-electron chi connectivity index (χ4n) is 1.34. The number of para-hydroxylation sites is 1. The van der Waals surface area contributed by atoms with E-state index in [1.165, 1.54) is 6.92 Å². The van der Waals surface area contributed by atoms with E-state index in [0.717, 1.165) is 5.69 Å². The standard InChI is InChI=1S/C11H11N3O/c1-8(15)10-7-11(12)14(13-10)9-5-3-2-4-6-9/h2-7H,12H2,1H3. The Morgan fingerprint density at radius 2 is 2.00 bits per heavy atom. The first-order chi connectivity index (χ1) is 7.18. The Morgan fingerprint density at radius 3 is 2.53 bits per heavy atom. The maximum absolute atomic E-state index is 11.1. The number of ketones is 1. The molecule has 2 aromatic rings. The van der Waals surface area contributed by atoms with Gasteiger partial charge in [0.15, 0.2) is 5.78 Å². The molecule has 0 aliphatic heterocycles. The summed E-state index contributed by atoms with van der Waals surface area (Å²) in [5, 5.41) is 4.12. The van der Waals surface area contributed by atoms with Gasteiger partial charge in [0.25, 0.3) is 0 Å². The van der Waals surface area contributed by atoms with E-state index in [4.69, 9.17) is 5.73 Å². The van der Waals surface area contributed by atoms with Crippen molar-refractivity contribution in [3.8, 4) is 5.69 Å². The number of Topliss-reactive ketones (excluding diaryl/α,β-unsaturated/α-hetero) is 1. The summed E-state index contributed by atoms with van der Waals surface area (Å²) in [6, 6.07) is 11.0. The molecule has 0 saturated heterocycles. The van der Waals surface area contributed by atoms with Crippen LogP contribution >= 0.6 is 0 Å². The van der Waals surface area contributed by atoms with E-state index >= 15 is 0 Å². The lowest BCUT2D eigenvalue weighted by Crippen LogP contribution is -2.02. The van der Waals surface area contributed by atoms with E-state index in [2.05, 4.69) is 5.10 Å². The predicted octanol–water partition coefficient (Wildman–Crippen LogP) is 1.66. The summed E-state index contributed by atoms with van der Waals surface area (Å²) in [4.78, 5) is 11.1. The number of carbonyl (C=O) groups is 1. The second-order valence-corrected chi connectivity index (χ2v) is 3.26. The van der Waals surface area contributed by atoms with Gasteiger partial charge in [-0.2, -0.15) is 5.10 Å². The van der Waals surface area contributed by atoms with Crippen LogP contribution in [0, 0.1) is 0 Å². The highest BCUT2D eigenvalue weighted by molar-refractivity contribution is 5.92. The first-order valence-corrected chi connectivity index (χ1v) is 4.60. The lowest BCUT2D eigenvalue weighted by Gasteiger charge is -2.01. The lowest BCUT2D eigenvalue weighted by molar-refractivity contribution is 0.101. The van der Waals surface area contributed by atoms with E-state index in [9.17, 15) is 4.79 Å². The van der Waals surface area contributed by atoms with Gasteiger partial charge >= 0.3 is 0 Å². The number of nitrogen functional groups attached to an aromatic ring is 1. The summed E-state index contributed by atoms with van der Waals surface area (Å²) in [5.74, 6) is 0.378. The Balaban J connectivity index is 2.50. The summed E-state index contributed by atoms with van der Waals surface area (Å²) >= 11 is 0. The number of benzene rings is 1. The Bertz CT molecular complexity index is 488. The van der Waals surface area contributed by atoms with Gasteiger partial charge < -0.3 is 5.73 Å². The third-order valence-corrected chi connectivity index (χ3v) is 2.10. The van der Waals surface area contributed by atoms with Crippen LogP contribution in [-0.2, 0) is 0 Å². The zero-order valence-electron chi connectivity index (χ0n) is 8.34. The average molecular weight is 201 g/mol. The van der Waals surface area contributed by atoms with Crippen LogP contribution in [0.1, 0.15) is 17.4 Å². The van der Waals surface area contributed by atoms with Gasteiger partial charge in [0.1, 0.15) is 11.5 Å². The second-order valence-electron chi connectivity index (χ2n) is 3.26. The summed E-state index contributed by atoms with van der Waals surface area (Å²) < 4.78 is 1.55. The smallest absolute Gasteiger partial charge is 0.180 e. The summed E-state index contributed by atoms with van der Waals surface area (Å²) in [5.41, 5.74) is 6.99. The molecule has 0 atom stereocenters. The molecule has 0 bridgehead atoms. The number of nitrogens with two attached hydrogens (primary N) is 1. The second kappa shape index (κ2) is 3.57. The SMILES string of the molecule is CC(=O)c1cc(N)n(-c2ccccc2)n1. The molecule has 76 valence electrons. The molecule has 2 N–H and O–H groups in total. The van der Waals surface area contributed by atoms with Crippen LogP contribution in [-0.4, -0.2) is 15.6 Å². The number of carbonyl (C=O) groups excluding carboxylic acids is 1. The molecule has 0 aliphatic carbocycles. The van der Waals surface area contributed by atoms with Crippen molar-refractivity contribution < 1.29 is 4.79 Å². The molecule has 15 heavy (non-hydrogen) atoms. The van der Waals surface area contributed by atoms with Crippen molar-refractivity contribution in [2.45, 2.75) is 6.92 Å². The average Bonchev–Trinajstić information content (AvgIpc) is 2.62. The van der Waals surface area contributed by atoms with Crippen LogP contribution in [0.15, 0.2) is 36.4 Å². The molecule has 0 aliphatic rings. The van der Waals surface area contributed by atoms with E-state index in [0.29, 0.717) is 11.5 Å². The first-order valence-electron chi connectivity index (χ1n) is 4.60. The maximum atomic E-state index is 11.1. The highest BCUT2D eigenvalue weighted by Crippen LogP contribution is 2.14. The van der Waals surface area contributed by atoms with Crippen molar-refractivity contribution in [1.82, 2.24) is 9.78 Å². The third-order valence-electron chi connectivity index (χ3n) is 2.10. The van der Waals surface area contributed by atoms with Gasteiger partial charge in [-0.3, -0.25) is 4.79 Å². The molecule has 4 nitrogen and oxygen atoms in total. The minimum Gasteiger partial charge on any atom is -0.384 e. The molecule has 1 heterocycles. The number of anilines is 1. The van der Waals surface area contributed by atoms with E-state index < -0.39 is 0 Å². The van der Waals surface area contributed by atoms with Crippen LogP contribution < -0.4 is 5.73 Å². The van der Waals surface area contributed by atoms with Crippen molar-refractivity contribution in [3.05, 3.63) is 42.1 Å². The lowest BCUT2D eigenvalue weighted by atomic mass is 10.3. The van der Waals surface area contributed by atoms with E-state index in [1.807, 2.05) is 30.3 Å². The first kappa shape index (κ1) is 9.45. The minimum atomic E-state index is -0.0867. The molecule has 4 heteroatoms. The molecule has 1 aromatic heterocycles. The Morgan fingerprint density at radius 1 is 1.33 bits per heavy atom. The van der Waals surface area contributed by atoms with Crippen LogP contribution in [0.2, 0.25) is 0 Å². The van der Waals surface area contributed by atoms with Gasteiger partial charge in [-0.15, -0.1) is 0 Å². The van der Waals surface area contributed by atoms with Gasteiger partial charge in [-0.05, 0) is 12.1 Å². The number of hydrogen-bond donors (Lipinski definition) is 1. The largest absolute Gasteiger partial charge is 0.384 e. The molecular formula is C11H11N3O. The molecule has 0 radical (unpaired) electrons. The number of nitrogens with zero attached hydrogens (tertiary/aromatic N) is 2. The van der Waals surface area contributed by atoms with Crippen molar-refractivity contribution in [2.75, 3.05) is 5.73 Å². The zero-order chi connectivity index (χ0) is 10.8. The van der Waals surface area contributed by atoms with Crippen molar-refractivity contribution in [1.29, 1.82) is 0 Å². The van der Waals surface area contributed by atoms with Gasteiger partial charge in [0.2, 0.25) is 0 Å². The third kappa shape index (κ3) is 1.74. The molecular weight excluding hydrogens is 190 g/mol. The molecule has 0 fully saturated rings. The van der Waals surface area contributed by atoms with Crippen molar-refractivity contribution in [2.24, 2.45) is 0 Å². The number of hydrogen-bond acceptors (Lipinski definition) is 3. The van der Waals surface area contributed by atoms with Crippen LogP contribution in [0.25, 0.3) is 5.69 Å². The van der Waals surface area contributed by atoms with Crippen molar-refractivity contribution in [3.63, 3.8) is 0 Å². The highest BCUT2D eigenvalue weighted by atomic mass is 16.1. The van der Waals surface area contributed by atoms with Crippen LogP contribution in [0.5, 0.6) is 0 Å². The topological polar surface area (TPSA) is 60.9 Å². The molecule has 0 spiro atoms. The fraction of sp³-hybridized carbons (Fsp3) is 0.0909. The summed E-state index contributed by atoms with van der Waals surface area (Å²) in [6.45, 7) is 1.47. The highest BCUT2D eigenvalue weighted by Gasteiger charge is 2.09. The predicted molar refractivity (Wildman–Crippen MR) is 58.0 cm³/mol. The van der Waals surface area contributed by atoms with Crippen LogP contribution in [0.4, 0.5) is 5.82 Å². The molecule has 0 amide bonds. The van der Waals surface area contributed by atoms with E-state index in [-0.39, 0.29) is 5.78 Å². The zero-order valence-corrected chi connectivity index (χ0v) is 8.34. The molecule has 2 rings (SSSR count). The van der Waals surface area contributed by atoms with Gasteiger partial charge in [-0.25, -0.2) is 4.68 Å². The number of aromatic nitrogens is 2.